The summed E-state index contributed by atoms with van der Waals surface area (Å²) in [4.78, 5) is 0. The summed E-state index contributed by atoms with van der Waals surface area (Å²) in [7, 11) is 0. The fourth-order valence-corrected chi connectivity index (χ4v) is 3.14. The van der Waals surface area contributed by atoms with Crippen molar-refractivity contribution >= 4 is 11.3 Å². The summed E-state index contributed by atoms with van der Waals surface area (Å²) in [5.74, 6) is -0.522. The molecule has 0 aliphatic carbocycles. The molecule has 2 atom stereocenters. The number of halogens is 1. The van der Waals surface area contributed by atoms with Crippen molar-refractivity contribution in [1.29, 1.82) is 0 Å². The summed E-state index contributed by atoms with van der Waals surface area (Å²) < 4.78 is 41.0. The van der Waals surface area contributed by atoms with Crippen molar-refractivity contribution in [3.8, 4) is 0 Å². The molecule has 1 aliphatic rings. The Labute approximate surface area is 130 Å². The largest absolute Gasteiger partial charge is 0.394 e. The van der Waals surface area contributed by atoms with Gasteiger partial charge in [0, 0.05) is 30.7 Å². The molecule has 1 aliphatic heterocycles. The maximum absolute atomic E-state index is 14.2. The molecule has 8 heteroatoms. The van der Waals surface area contributed by atoms with E-state index in [4.69, 9.17) is 9.29 Å². The lowest BCUT2D eigenvalue weighted by Gasteiger charge is -2.41. The maximum atomic E-state index is 14.2. The Morgan fingerprint density at radius 1 is 1.41 bits per heavy atom. The normalized spacial score (nSPS) is 20.5. The molecule has 0 bridgehead atoms. The van der Waals surface area contributed by atoms with Crippen LogP contribution in [0.4, 0.5) is 4.39 Å². The van der Waals surface area contributed by atoms with Crippen molar-refractivity contribution in [2.24, 2.45) is 0 Å². The number of ether oxygens (including phenoxy) is 1. The van der Waals surface area contributed by atoms with Crippen LogP contribution in [0.2, 0.25) is 0 Å². The van der Waals surface area contributed by atoms with Crippen LogP contribution in [0, 0.1) is 5.82 Å². The van der Waals surface area contributed by atoms with Crippen LogP contribution >= 0.6 is 0 Å². The van der Waals surface area contributed by atoms with E-state index < -0.39 is 35.2 Å². The number of nitrogens with one attached hydrogen (secondary N) is 1. The topological polar surface area (TPSA) is 99.0 Å². The number of benzene rings is 1. The predicted molar refractivity (Wildman–Crippen MR) is 78.8 cm³/mol. The van der Waals surface area contributed by atoms with Gasteiger partial charge < -0.3 is 14.9 Å². The lowest BCUT2D eigenvalue weighted by Crippen LogP contribution is -2.46. The van der Waals surface area contributed by atoms with Crippen LogP contribution in [0.5, 0.6) is 0 Å². The molecule has 0 amide bonds. The van der Waals surface area contributed by atoms with Gasteiger partial charge in [0.05, 0.1) is 12.7 Å². The molecule has 4 N–H and O–H groups in total. The number of rotatable bonds is 6. The highest BCUT2D eigenvalue weighted by molar-refractivity contribution is 7.77. The molecule has 124 valence electrons. The zero-order chi connectivity index (χ0) is 16.2. The summed E-state index contributed by atoms with van der Waals surface area (Å²) in [5, 5.41) is 19.5. The van der Waals surface area contributed by atoms with E-state index in [1.807, 2.05) is 0 Å². The Bertz CT molecular complexity index is 536. The molecule has 0 spiro atoms. The molecule has 0 aromatic heterocycles. The lowest BCUT2D eigenvalue weighted by molar-refractivity contribution is -0.0371. The molecular formula is C14H20FNO5S. The van der Waals surface area contributed by atoms with Gasteiger partial charge >= 0.3 is 0 Å². The molecule has 1 aromatic carbocycles. The molecule has 22 heavy (non-hydrogen) atoms. The van der Waals surface area contributed by atoms with Crippen molar-refractivity contribution in [3.05, 3.63) is 35.1 Å². The highest BCUT2D eigenvalue weighted by atomic mass is 32.2. The molecular weight excluding hydrogens is 313 g/mol. The Kier molecular flexibility index (Phi) is 6.01. The van der Waals surface area contributed by atoms with Gasteiger partial charge in [-0.1, -0.05) is 12.1 Å². The summed E-state index contributed by atoms with van der Waals surface area (Å²) in [6, 6.07) is 4.53. The Morgan fingerprint density at radius 3 is 2.64 bits per heavy atom. The van der Waals surface area contributed by atoms with Gasteiger partial charge in [0.25, 0.3) is 0 Å². The summed E-state index contributed by atoms with van der Waals surface area (Å²) in [6.45, 7) is 0.388. The van der Waals surface area contributed by atoms with Gasteiger partial charge in [-0.25, -0.2) is 13.3 Å². The number of aliphatic hydroxyl groups is 2. The van der Waals surface area contributed by atoms with Crippen LogP contribution in [0.3, 0.4) is 0 Å². The highest BCUT2D eigenvalue weighted by Crippen LogP contribution is 2.38. The first kappa shape index (κ1) is 17.5. The molecule has 6 nitrogen and oxygen atoms in total. The Morgan fingerprint density at radius 2 is 2.09 bits per heavy atom. The van der Waals surface area contributed by atoms with Crippen LogP contribution in [0.1, 0.15) is 24.0 Å². The number of aliphatic hydroxyl groups excluding tert-OH is 2. The minimum atomic E-state index is -2.21. The summed E-state index contributed by atoms with van der Waals surface area (Å²) >= 11 is -2.21. The molecule has 1 heterocycles. The summed E-state index contributed by atoms with van der Waals surface area (Å²) in [6.07, 6.45) is -0.0107. The van der Waals surface area contributed by atoms with Gasteiger partial charge in [0.15, 0.2) is 0 Å². The lowest BCUT2D eigenvalue weighted by atomic mass is 9.70. The summed E-state index contributed by atoms with van der Waals surface area (Å²) in [5.41, 5.74) is 0.120. The zero-order valence-electron chi connectivity index (χ0n) is 12.0. The van der Waals surface area contributed by atoms with Gasteiger partial charge in [0.1, 0.15) is 5.82 Å². The van der Waals surface area contributed by atoms with Crippen molar-refractivity contribution < 1.29 is 28.1 Å². The number of hydrogen-bond donors (Lipinski definition) is 4. The third kappa shape index (κ3) is 3.70. The van der Waals surface area contributed by atoms with E-state index in [0.29, 0.717) is 31.6 Å². The molecule has 2 unspecified atom stereocenters. The third-order valence-corrected chi connectivity index (χ3v) is 4.60. The molecule has 2 rings (SSSR count). The average molecular weight is 333 g/mol. The minimum Gasteiger partial charge on any atom is -0.394 e. The van der Waals surface area contributed by atoms with Crippen molar-refractivity contribution in [2.45, 2.75) is 30.9 Å². The second-order valence-electron chi connectivity index (χ2n) is 5.34. The molecule has 1 saturated heterocycles. The molecule has 1 aromatic rings. The van der Waals surface area contributed by atoms with Crippen LogP contribution < -0.4 is 4.72 Å². The van der Waals surface area contributed by atoms with Crippen LogP contribution in [0.25, 0.3) is 0 Å². The average Bonchev–Trinajstić information content (AvgIpc) is 2.53. The van der Waals surface area contributed by atoms with E-state index in [1.165, 1.54) is 12.1 Å². The quantitative estimate of drug-likeness (QED) is 0.567. The standard InChI is InChI=1S/C14H20FNO5S/c15-12-7-11(2-1-10(12)8-16-22(19)20)14(13(18)9-17)3-5-21-6-4-14/h1-2,7,13,16-18H,3-6,8-9H2,(H,19,20). The zero-order valence-corrected chi connectivity index (χ0v) is 12.8. The van der Waals surface area contributed by atoms with E-state index in [0.717, 1.165) is 0 Å². The smallest absolute Gasteiger partial charge is 0.232 e. The molecule has 0 radical (unpaired) electrons. The molecule has 1 fully saturated rings. The van der Waals surface area contributed by atoms with Crippen molar-refractivity contribution in [2.75, 3.05) is 19.8 Å². The first-order valence-electron chi connectivity index (χ1n) is 6.99. The van der Waals surface area contributed by atoms with E-state index >= 15 is 0 Å². The van der Waals surface area contributed by atoms with Crippen molar-refractivity contribution in [3.63, 3.8) is 0 Å². The monoisotopic (exact) mass is 333 g/mol. The molecule has 0 saturated carbocycles. The van der Waals surface area contributed by atoms with E-state index in [2.05, 4.69) is 4.72 Å². The van der Waals surface area contributed by atoms with Crippen LogP contribution in [-0.4, -0.2) is 44.9 Å². The van der Waals surface area contributed by atoms with E-state index in [1.54, 1.807) is 6.07 Å². The van der Waals surface area contributed by atoms with Crippen LogP contribution in [-0.2, 0) is 28.0 Å². The van der Waals surface area contributed by atoms with Crippen molar-refractivity contribution in [1.82, 2.24) is 4.72 Å². The number of hydrogen-bond acceptors (Lipinski definition) is 4. The van der Waals surface area contributed by atoms with Crippen LogP contribution in [0.15, 0.2) is 18.2 Å². The maximum Gasteiger partial charge on any atom is 0.232 e. The minimum absolute atomic E-state index is 0.0755. The van der Waals surface area contributed by atoms with Gasteiger partial charge in [-0.15, -0.1) is 0 Å². The Hall–Kier alpha value is -0.900. The van der Waals surface area contributed by atoms with E-state index in [-0.39, 0.29) is 12.1 Å². The second-order valence-corrected chi connectivity index (χ2v) is 6.13. The predicted octanol–water partition coefficient (Wildman–Crippen LogP) is 0.453. The van der Waals surface area contributed by atoms with E-state index in [9.17, 15) is 18.8 Å². The first-order valence-corrected chi connectivity index (χ1v) is 8.10. The van der Waals surface area contributed by atoms with Gasteiger partial charge in [-0.2, -0.15) is 0 Å². The van der Waals surface area contributed by atoms with Gasteiger partial charge in [-0.05, 0) is 24.5 Å². The second kappa shape index (κ2) is 7.58. The Balaban J connectivity index is 2.29. The fraction of sp³-hybridized carbons (Fsp3) is 0.571. The first-order chi connectivity index (χ1) is 10.5. The SMILES string of the molecule is O=S(O)NCc1ccc(C2(C(O)CO)CCOCC2)cc1F. The highest BCUT2D eigenvalue weighted by Gasteiger charge is 2.41. The van der Waals surface area contributed by atoms with Gasteiger partial charge in [-0.3, -0.25) is 4.55 Å². The fourth-order valence-electron chi connectivity index (χ4n) is 2.86. The van der Waals surface area contributed by atoms with Gasteiger partial charge in [0.2, 0.25) is 11.3 Å². The third-order valence-electron chi connectivity index (χ3n) is 4.21.